The highest BCUT2D eigenvalue weighted by Gasteiger charge is 2.32. The van der Waals surface area contributed by atoms with E-state index in [9.17, 15) is 14.4 Å². The summed E-state index contributed by atoms with van der Waals surface area (Å²) >= 11 is 0. The number of barbiturate groups is 1. The summed E-state index contributed by atoms with van der Waals surface area (Å²) in [4.78, 5) is 45.5. The molecule has 0 aliphatic carbocycles. The molecule has 8 nitrogen and oxygen atoms in total. The molecule has 0 aromatic carbocycles. The van der Waals surface area contributed by atoms with Crippen LogP contribution in [0.5, 0.6) is 0 Å². The number of imide groups is 2. The van der Waals surface area contributed by atoms with Crippen LogP contribution in [0.3, 0.4) is 0 Å². The van der Waals surface area contributed by atoms with Gasteiger partial charge in [-0.15, -0.1) is 0 Å². The van der Waals surface area contributed by atoms with Gasteiger partial charge in [-0.05, 0) is 6.08 Å². The van der Waals surface area contributed by atoms with Crippen molar-refractivity contribution in [3.8, 4) is 0 Å². The lowest BCUT2D eigenvalue weighted by Crippen LogP contribution is -2.52. The molecular weight excluding hydrogens is 262 g/mol. The quantitative estimate of drug-likeness (QED) is 0.584. The Kier molecular flexibility index (Phi) is 3.47. The number of rotatable bonds is 2. The Morgan fingerprint density at radius 1 is 1.20 bits per heavy atom. The first-order chi connectivity index (χ1) is 9.40. The lowest BCUT2D eigenvalue weighted by atomic mass is 10.1. The normalized spacial score (nSPS) is 17.4. The number of likely N-dealkylation sites (N-methyl/N-ethyl adjacent to an activating group) is 1. The van der Waals surface area contributed by atoms with Crippen molar-refractivity contribution in [3.05, 3.63) is 23.5 Å². The first-order valence-electron chi connectivity index (χ1n) is 5.74. The molecule has 1 aliphatic heterocycles. The molecule has 1 N–H and O–H groups in total. The fourth-order valence-electron chi connectivity index (χ4n) is 1.55. The number of urea groups is 1. The van der Waals surface area contributed by atoms with Crippen molar-refractivity contribution in [3.63, 3.8) is 0 Å². The van der Waals surface area contributed by atoms with Crippen LogP contribution in [-0.2, 0) is 9.59 Å². The molecule has 0 bridgehead atoms. The smallest absolute Gasteiger partial charge is 0.331 e. The van der Waals surface area contributed by atoms with E-state index >= 15 is 0 Å². The standard InChI is InChI=1S/C12H13N5O3/c1-16(2)11-13-5-7(6-14-11)4-8-9(18)15-12(20)17(3)10(8)19/h4-6H,1-3H3,(H,15,18,20)/b8-4-. The van der Waals surface area contributed by atoms with E-state index in [0.717, 1.165) is 4.90 Å². The van der Waals surface area contributed by atoms with Crippen LogP contribution in [0.15, 0.2) is 18.0 Å². The van der Waals surface area contributed by atoms with Crippen molar-refractivity contribution >= 4 is 29.9 Å². The van der Waals surface area contributed by atoms with Gasteiger partial charge in [-0.1, -0.05) is 0 Å². The molecule has 0 saturated carbocycles. The van der Waals surface area contributed by atoms with E-state index in [-0.39, 0.29) is 5.57 Å². The van der Waals surface area contributed by atoms with E-state index < -0.39 is 17.8 Å². The van der Waals surface area contributed by atoms with Crippen molar-refractivity contribution in [2.24, 2.45) is 0 Å². The highest BCUT2D eigenvalue weighted by molar-refractivity contribution is 6.30. The van der Waals surface area contributed by atoms with Gasteiger partial charge in [-0.25, -0.2) is 14.8 Å². The Labute approximate surface area is 115 Å². The van der Waals surface area contributed by atoms with Crippen LogP contribution in [0.1, 0.15) is 5.56 Å². The Bertz CT molecular complexity index is 606. The van der Waals surface area contributed by atoms with E-state index in [4.69, 9.17) is 0 Å². The van der Waals surface area contributed by atoms with Crippen molar-refractivity contribution < 1.29 is 14.4 Å². The van der Waals surface area contributed by atoms with Crippen LogP contribution in [0.25, 0.3) is 6.08 Å². The summed E-state index contributed by atoms with van der Waals surface area (Å²) in [6.07, 6.45) is 4.33. The molecule has 1 aromatic heterocycles. The number of nitrogens with one attached hydrogen (secondary N) is 1. The molecule has 1 saturated heterocycles. The molecule has 8 heteroatoms. The molecule has 1 aliphatic rings. The second-order valence-electron chi connectivity index (χ2n) is 4.39. The van der Waals surface area contributed by atoms with Crippen molar-refractivity contribution in [2.75, 3.05) is 26.0 Å². The zero-order valence-electron chi connectivity index (χ0n) is 11.2. The SMILES string of the molecule is CN1C(=O)NC(=O)/C(=C/c2cnc(N(C)C)nc2)C1=O. The molecule has 0 spiro atoms. The Morgan fingerprint density at radius 3 is 2.35 bits per heavy atom. The van der Waals surface area contributed by atoms with Gasteiger partial charge in [0.05, 0.1) is 0 Å². The van der Waals surface area contributed by atoms with Gasteiger partial charge in [0.1, 0.15) is 5.57 Å². The summed E-state index contributed by atoms with van der Waals surface area (Å²) in [5, 5.41) is 2.07. The molecule has 4 amide bonds. The highest BCUT2D eigenvalue weighted by Crippen LogP contribution is 2.13. The second-order valence-corrected chi connectivity index (χ2v) is 4.39. The first-order valence-corrected chi connectivity index (χ1v) is 5.74. The van der Waals surface area contributed by atoms with E-state index in [1.165, 1.54) is 25.5 Å². The largest absolute Gasteiger partial charge is 0.347 e. The third-order valence-corrected chi connectivity index (χ3v) is 2.67. The van der Waals surface area contributed by atoms with Gasteiger partial charge >= 0.3 is 6.03 Å². The molecule has 1 fully saturated rings. The van der Waals surface area contributed by atoms with Gasteiger partial charge in [0, 0.05) is 39.1 Å². The molecule has 2 rings (SSSR count). The minimum Gasteiger partial charge on any atom is -0.347 e. The van der Waals surface area contributed by atoms with Gasteiger partial charge in [0.2, 0.25) is 5.95 Å². The van der Waals surface area contributed by atoms with Crippen LogP contribution in [0.2, 0.25) is 0 Å². The van der Waals surface area contributed by atoms with Gasteiger partial charge in [0.15, 0.2) is 0 Å². The lowest BCUT2D eigenvalue weighted by molar-refractivity contribution is -0.129. The number of anilines is 1. The van der Waals surface area contributed by atoms with Crippen LogP contribution >= 0.6 is 0 Å². The maximum absolute atomic E-state index is 11.9. The number of aromatic nitrogens is 2. The van der Waals surface area contributed by atoms with Gasteiger partial charge in [-0.2, -0.15) is 0 Å². The van der Waals surface area contributed by atoms with E-state index in [1.807, 2.05) is 0 Å². The number of amides is 4. The third-order valence-electron chi connectivity index (χ3n) is 2.67. The molecule has 0 atom stereocenters. The lowest BCUT2D eigenvalue weighted by Gasteiger charge is -2.22. The van der Waals surface area contributed by atoms with Crippen LogP contribution in [0.4, 0.5) is 10.7 Å². The molecular formula is C12H13N5O3. The van der Waals surface area contributed by atoms with Crippen molar-refractivity contribution in [1.29, 1.82) is 0 Å². The fourth-order valence-corrected chi connectivity index (χ4v) is 1.55. The molecule has 1 aromatic rings. The molecule has 2 heterocycles. The molecule has 20 heavy (non-hydrogen) atoms. The van der Waals surface area contributed by atoms with E-state index in [2.05, 4.69) is 15.3 Å². The summed E-state index contributed by atoms with van der Waals surface area (Å²) in [6.45, 7) is 0. The van der Waals surface area contributed by atoms with Crippen LogP contribution in [0, 0.1) is 0 Å². The van der Waals surface area contributed by atoms with Crippen LogP contribution < -0.4 is 10.2 Å². The van der Waals surface area contributed by atoms with Crippen molar-refractivity contribution in [2.45, 2.75) is 0 Å². The summed E-state index contributed by atoms with van der Waals surface area (Å²) in [5.74, 6) is -0.871. The maximum Gasteiger partial charge on any atom is 0.331 e. The highest BCUT2D eigenvalue weighted by atomic mass is 16.2. The molecule has 104 valence electrons. The Hall–Kier alpha value is -2.77. The van der Waals surface area contributed by atoms with Gasteiger partial charge in [-0.3, -0.25) is 19.8 Å². The first kappa shape index (κ1) is 13.7. The topological polar surface area (TPSA) is 95.5 Å². The number of carbonyl (C=O) groups excluding carboxylic acids is 3. The summed E-state index contributed by atoms with van der Waals surface area (Å²) in [7, 11) is 4.89. The minimum absolute atomic E-state index is 0.131. The predicted molar refractivity (Wildman–Crippen MR) is 70.6 cm³/mol. The third kappa shape index (κ3) is 2.48. The molecule has 0 radical (unpaired) electrons. The zero-order chi connectivity index (χ0) is 14.9. The Balaban J connectivity index is 2.31. The van der Waals surface area contributed by atoms with Crippen LogP contribution in [-0.4, -0.2) is 53.9 Å². The summed E-state index contributed by atoms with van der Waals surface area (Å²) in [5.41, 5.74) is 0.366. The molecule has 0 unspecified atom stereocenters. The van der Waals surface area contributed by atoms with Gasteiger partial charge in [0.25, 0.3) is 11.8 Å². The second kappa shape index (κ2) is 5.08. The summed E-state index contributed by atoms with van der Waals surface area (Å²) in [6, 6.07) is -0.739. The summed E-state index contributed by atoms with van der Waals surface area (Å²) < 4.78 is 0. The monoisotopic (exact) mass is 275 g/mol. The van der Waals surface area contributed by atoms with Crippen molar-refractivity contribution in [1.82, 2.24) is 20.2 Å². The van der Waals surface area contributed by atoms with Gasteiger partial charge < -0.3 is 4.90 Å². The average molecular weight is 275 g/mol. The number of carbonyl (C=O) groups is 3. The number of hydrogen-bond acceptors (Lipinski definition) is 6. The number of hydrogen-bond donors (Lipinski definition) is 1. The predicted octanol–water partition coefficient (Wildman–Crippen LogP) is -0.366. The number of nitrogens with zero attached hydrogens (tertiary/aromatic N) is 4. The van der Waals surface area contributed by atoms with E-state index in [0.29, 0.717) is 11.5 Å². The minimum atomic E-state index is -0.739. The average Bonchev–Trinajstić information content (AvgIpc) is 2.42. The fraction of sp³-hybridized carbons (Fsp3) is 0.250. The van der Waals surface area contributed by atoms with E-state index in [1.54, 1.807) is 19.0 Å². The zero-order valence-corrected chi connectivity index (χ0v) is 11.2. The Morgan fingerprint density at radius 2 is 1.80 bits per heavy atom. The maximum atomic E-state index is 11.9.